The minimum absolute atomic E-state index is 0.312. The van der Waals surface area contributed by atoms with E-state index in [0.717, 1.165) is 5.56 Å². The van der Waals surface area contributed by atoms with Gasteiger partial charge >= 0.3 is 0 Å². The van der Waals surface area contributed by atoms with Crippen LogP contribution < -0.4 is 0 Å². The molecule has 0 aromatic heterocycles. The first-order chi connectivity index (χ1) is 6.20. The van der Waals surface area contributed by atoms with Gasteiger partial charge < -0.3 is 14.9 Å². The van der Waals surface area contributed by atoms with Crippen LogP contribution in [0.5, 0.6) is 0 Å². The normalized spacial score (nSPS) is 15.3. The molecule has 1 rings (SSSR count). The number of benzene rings is 1. The number of aliphatic hydroxyl groups excluding tert-OH is 2. The Morgan fingerprint density at radius 1 is 1.23 bits per heavy atom. The maximum absolute atomic E-state index is 9.12. The van der Waals surface area contributed by atoms with Crippen LogP contribution in [0.1, 0.15) is 12.5 Å². The first-order valence-electron chi connectivity index (χ1n) is 4.22. The minimum Gasteiger partial charge on any atom is -0.388 e. The maximum atomic E-state index is 9.12. The van der Waals surface area contributed by atoms with Gasteiger partial charge in [-0.2, -0.15) is 0 Å². The standard InChI is InChI=1S/C10H14O3/c1-8(11)10(12)13-7-9-5-3-2-4-6-9/h2-6,8,10-12H,7H2,1H3/t8-,10?/m1/s1. The van der Waals surface area contributed by atoms with Crippen molar-refractivity contribution >= 4 is 0 Å². The third-order valence-corrected chi connectivity index (χ3v) is 1.68. The van der Waals surface area contributed by atoms with Gasteiger partial charge in [-0.1, -0.05) is 30.3 Å². The number of hydrogen-bond acceptors (Lipinski definition) is 3. The van der Waals surface area contributed by atoms with Crippen molar-refractivity contribution in [2.75, 3.05) is 0 Å². The molecule has 0 radical (unpaired) electrons. The number of rotatable bonds is 4. The van der Waals surface area contributed by atoms with Crippen LogP contribution in [0, 0.1) is 0 Å². The van der Waals surface area contributed by atoms with E-state index < -0.39 is 12.4 Å². The SMILES string of the molecule is C[C@@H](O)C(O)OCc1ccccc1. The van der Waals surface area contributed by atoms with E-state index in [1.165, 1.54) is 6.92 Å². The van der Waals surface area contributed by atoms with E-state index in [1.54, 1.807) is 0 Å². The lowest BCUT2D eigenvalue weighted by Gasteiger charge is -2.14. The molecule has 3 heteroatoms. The summed E-state index contributed by atoms with van der Waals surface area (Å²) in [5.41, 5.74) is 0.974. The molecule has 1 unspecified atom stereocenters. The summed E-state index contributed by atoms with van der Waals surface area (Å²) in [4.78, 5) is 0. The molecule has 2 atom stereocenters. The Labute approximate surface area is 77.6 Å². The van der Waals surface area contributed by atoms with Gasteiger partial charge in [0.15, 0.2) is 6.29 Å². The van der Waals surface area contributed by atoms with E-state index in [-0.39, 0.29) is 0 Å². The Morgan fingerprint density at radius 3 is 2.38 bits per heavy atom. The molecular weight excluding hydrogens is 168 g/mol. The highest BCUT2D eigenvalue weighted by atomic mass is 16.6. The second-order valence-corrected chi connectivity index (χ2v) is 2.93. The van der Waals surface area contributed by atoms with Gasteiger partial charge in [0, 0.05) is 0 Å². The van der Waals surface area contributed by atoms with Crippen molar-refractivity contribution in [3.63, 3.8) is 0 Å². The summed E-state index contributed by atoms with van der Waals surface area (Å²) < 4.78 is 5.00. The number of ether oxygens (including phenoxy) is 1. The smallest absolute Gasteiger partial charge is 0.180 e. The van der Waals surface area contributed by atoms with Crippen molar-refractivity contribution in [1.82, 2.24) is 0 Å². The molecule has 72 valence electrons. The van der Waals surface area contributed by atoms with E-state index in [9.17, 15) is 0 Å². The molecule has 0 amide bonds. The summed E-state index contributed by atoms with van der Waals surface area (Å²) >= 11 is 0. The van der Waals surface area contributed by atoms with E-state index in [2.05, 4.69) is 0 Å². The van der Waals surface area contributed by atoms with Crippen molar-refractivity contribution in [1.29, 1.82) is 0 Å². The van der Waals surface area contributed by atoms with Gasteiger partial charge in [0.25, 0.3) is 0 Å². The van der Waals surface area contributed by atoms with Crippen LogP contribution in [0.3, 0.4) is 0 Å². The van der Waals surface area contributed by atoms with Crippen molar-refractivity contribution in [2.24, 2.45) is 0 Å². The molecule has 0 aliphatic rings. The van der Waals surface area contributed by atoms with Crippen molar-refractivity contribution in [2.45, 2.75) is 25.9 Å². The summed E-state index contributed by atoms with van der Waals surface area (Å²) in [5.74, 6) is 0. The summed E-state index contributed by atoms with van der Waals surface area (Å²) in [7, 11) is 0. The van der Waals surface area contributed by atoms with Crippen LogP contribution in [0.4, 0.5) is 0 Å². The molecule has 2 N–H and O–H groups in total. The van der Waals surface area contributed by atoms with Crippen molar-refractivity contribution in [3.8, 4) is 0 Å². The Morgan fingerprint density at radius 2 is 1.85 bits per heavy atom. The van der Waals surface area contributed by atoms with Gasteiger partial charge in [-0.05, 0) is 12.5 Å². The van der Waals surface area contributed by atoms with Crippen LogP contribution in [-0.2, 0) is 11.3 Å². The zero-order valence-electron chi connectivity index (χ0n) is 7.55. The lowest BCUT2D eigenvalue weighted by Crippen LogP contribution is -2.25. The Bertz CT molecular complexity index is 233. The average molecular weight is 182 g/mol. The van der Waals surface area contributed by atoms with E-state index in [0.29, 0.717) is 6.61 Å². The van der Waals surface area contributed by atoms with Crippen LogP contribution in [0.2, 0.25) is 0 Å². The highest BCUT2D eigenvalue weighted by molar-refractivity contribution is 5.13. The molecule has 1 aromatic carbocycles. The molecule has 0 aliphatic heterocycles. The molecule has 13 heavy (non-hydrogen) atoms. The third kappa shape index (κ3) is 3.55. The molecule has 0 fully saturated rings. The second-order valence-electron chi connectivity index (χ2n) is 2.93. The number of hydrogen-bond donors (Lipinski definition) is 2. The maximum Gasteiger partial charge on any atom is 0.180 e. The van der Waals surface area contributed by atoms with Gasteiger partial charge in [0.1, 0.15) is 6.10 Å². The van der Waals surface area contributed by atoms with E-state index in [4.69, 9.17) is 14.9 Å². The summed E-state index contributed by atoms with van der Waals surface area (Å²) in [6.45, 7) is 1.79. The number of aliphatic hydroxyl groups is 2. The summed E-state index contributed by atoms with van der Waals surface area (Å²) in [5, 5.41) is 18.0. The zero-order chi connectivity index (χ0) is 9.68. The largest absolute Gasteiger partial charge is 0.388 e. The van der Waals surface area contributed by atoms with Gasteiger partial charge in [-0.25, -0.2) is 0 Å². The van der Waals surface area contributed by atoms with Crippen LogP contribution in [0.25, 0.3) is 0 Å². The fraction of sp³-hybridized carbons (Fsp3) is 0.400. The predicted molar refractivity (Wildman–Crippen MR) is 48.9 cm³/mol. The predicted octanol–water partition coefficient (Wildman–Crippen LogP) is 0.902. The molecular formula is C10H14O3. The van der Waals surface area contributed by atoms with Gasteiger partial charge in [-0.3, -0.25) is 0 Å². The molecule has 0 saturated carbocycles. The van der Waals surface area contributed by atoms with E-state index in [1.807, 2.05) is 30.3 Å². The van der Waals surface area contributed by atoms with Gasteiger partial charge in [-0.15, -0.1) is 0 Å². The highest BCUT2D eigenvalue weighted by Crippen LogP contribution is 2.03. The lowest BCUT2D eigenvalue weighted by molar-refractivity contribution is -0.162. The summed E-state index contributed by atoms with van der Waals surface area (Å²) in [6.07, 6.45) is -1.97. The Hall–Kier alpha value is -0.900. The first kappa shape index (κ1) is 10.2. The zero-order valence-corrected chi connectivity index (χ0v) is 7.55. The monoisotopic (exact) mass is 182 g/mol. The van der Waals surface area contributed by atoms with Crippen molar-refractivity contribution in [3.05, 3.63) is 35.9 Å². The Kier molecular flexibility index (Phi) is 3.89. The van der Waals surface area contributed by atoms with E-state index >= 15 is 0 Å². The van der Waals surface area contributed by atoms with Crippen molar-refractivity contribution < 1.29 is 14.9 Å². The van der Waals surface area contributed by atoms with Crippen LogP contribution >= 0.6 is 0 Å². The molecule has 0 bridgehead atoms. The van der Waals surface area contributed by atoms with Crippen LogP contribution in [0.15, 0.2) is 30.3 Å². The molecule has 0 aliphatic carbocycles. The van der Waals surface area contributed by atoms with Gasteiger partial charge in [0.2, 0.25) is 0 Å². The lowest BCUT2D eigenvalue weighted by atomic mass is 10.2. The minimum atomic E-state index is -1.11. The van der Waals surface area contributed by atoms with Crippen LogP contribution in [-0.4, -0.2) is 22.6 Å². The highest BCUT2D eigenvalue weighted by Gasteiger charge is 2.10. The summed E-state index contributed by atoms with van der Waals surface area (Å²) in [6, 6.07) is 9.50. The molecule has 3 nitrogen and oxygen atoms in total. The first-order valence-corrected chi connectivity index (χ1v) is 4.22. The fourth-order valence-corrected chi connectivity index (χ4v) is 0.895. The fourth-order valence-electron chi connectivity index (χ4n) is 0.895. The molecule has 1 aromatic rings. The molecule has 0 spiro atoms. The quantitative estimate of drug-likeness (QED) is 0.680. The third-order valence-electron chi connectivity index (χ3n) is 1.68. The Balaban J connectivity index is 2.35. The van der Waals surface area contributed by atoms with Gasteiger partial charge in [0.05, 0.1) is 6.61 Å². The molecule has 0 saturated heterocycles. The molecule has 0 heterocycles. The topological polar surface area (TPSA) is 49.7 Å². The average Bonchev–Trinajstić information content (AvgIpc) is 2.15. The second kappa shape index (κ2) is 4.97.